The fourth-order valence-corrected chi connectivity index (χ4v) is 1.78. The zero-order valence-corrected chi connectivity index (χ0v) is 10.7. The van der Waals surface area contributed by atoms with Crippen LogP contribution in [0.1, 0.15) is 39.0 Å². The van der Waals surface area contributed by atoms with Crippen molar-refractivity contribution in [2.75, 3.05) is 6.54 Å². The number of carboxylic acid groups (broad SMARTS) is 2. The molecule has 5 nitrogen and oxygen atoms in total. The molecule has 100 valence electrons. The summed E-state index contributed by atoms with van der Waals surface area (Å²) in [6.07, 6.45) is 2.52. The maximum atomic E-state index is 10.8. The van der Waals surface area contributed by atoms with E-state index < -0.39 is 18.0 Å². The molecule has 0 rings (SSSR count). The van der Waals surface area contributed by atoms with Gasteiger partial charge in [0.1, 0.15) is 6.04 Å². The van der Waals surface area contributed by atoms with Crippen LogP contribution in [-0.4, -0.2) is 40.1 Å². The predicted octanol–water partition coefficient (Wildman–Crippen LogP) is 1.69. The van der Waals surface area contributed by atoms with Crippen molar-refractivity contribution >= 4 is 23.5 Å². The molecule has 0 saturated carbocycles. The van der Waals surface area contributed by atoms with Gasteiger partial charge in [-0.3, -0.25) is 9.59 Å². The largest absolute Gasteiger partial charge is 0.481 e. The van der Waals surface area contributed by atoms with Gasteiger partial charge in [0.2, 0.25) is 0 Å². The van der Waals surface area contributed by atoms with Gasteiger partial charge in [-0.15, -0.1) is 11.6 Å². The van der Waals surface area contributed by atoms with Gasteiger partial charge < -0.3 is 15.5 Å². The molecule has 2 unspecified atom stereocenters. The maximum Gasteiger partial charge on any atom is 0.320 e. The molecule has 0 heterocycles. The Kier molecular flexibility index (Phi) is 8.80. The van der Waals surface area contributed by atoms with E-state index in [-0.39, 0.29) is 18.2 Å². The number of aliphatic carboxylic acids is 2. The van der Waals surface area contributed by atoms with Gasteiger partial charge in [0.15, 0.2) is 0 Å². The van der Waals surface area contributed by atoms with Crippen molar-refractivity contribution in [1.82, 2.24) is 5.32 Å². The fourth-order valence-electron chi connectivity index (χ4n) is 1.45. The summed E-state index contributed by atoms with van der Waals surface area (Å²) in [5, 5.41) is 20.2. The molecule has 2 atom stereocenters. The minimum atomic E-state index is -1.02. The van der Waals surface area contributed by atoms with E-state index in [1.165, 1.54) is 0 Å². The SMILES string of the molecule is CCCC(Cl)CCNC(CCC(=O)O)C(=O)O. The molecule has 17 heavy (non-hydrogen) atoms. The lowest BCUT2D eigenvalue weighted by atomic mass is 10.1. The predicted molar refractivity (Wildman–Crippen MR) is 65.5 cm³/mol. The third-order valence-electron chi connectivity index (χ3n) is 2.40. The van der Waals surface area contributed by atoms with E-state index in [1.807, 2.05) is 6.92 Å². The summed E-state index contributed by atoms with van der Waals surface area (Å²) in [6.45, 7) is 2.53. The fraction of sp³-hybridized carbons (Fsp3) is 0.818. The highest BCUT2D eigenvalue weighted by atomic mass is 35.5. The van der Waals surface area contributed by atoms with Gasteiger partial charge in [-0.2, -0.15) is 0 Å². The van der Waals surface area contributed by atoms with Gasteiger partial charge in [-0.1, -0.05) is 13.3 Å². The van der Waals surface area contributed by atoms with E-state index in [0.29, 0.717) is 13.0 Å². The molecular formula is C11H20ClNO4. The van der Waals surface area contributed by atoms with Crippen molar-refractivity contribution < 1.29 is 19.8 Å². The van der Waals surface area contributed by atoms with Crippen molar-refractivity contribution in [3.8, 4) is 0 Å². The van der Waals surface area contributed by atoms with Crippen molar-refractivity contribution in [2.24, 2.45) is 0 Å². The molecule has 0 spiro atoms. The summed E-state index contributed by atoms with van der Waals surface area (Å²) < 4.78 is 0. The standard InChI is InChI=1S/C11H20ClNO4/c1-2-3-8(12)6-7-13-9(11(16)17)4-5-10(14)15/h8-9,13H,2-7H2,1H3,(H,14,15)(H,16,17). The summed E-state index contributed by atoms with van der Waals surface area (Å²) in [5.41, 5.74) is 0. The molecule has 0 radical (unpaired) electrons. The third-order valence-corrected chi connectivity index (χ3v) is 2.83. The van der Waals surface area contributed by atoms with Crippen molar-refractivity contribution in [3.05, 3.63) is 0 Å². The third kappa shape index (κ3) is 8.94. The van der Waals surface area contributed by atoms with E-state index in [9.17, 15) is 9.59 Å². The van der Waals surface area contributed by atoms with Crippen LogP contribution in [0.4, 0.5) is 0 Å². The molecule has 0 aromatic rings. The molecule has 3 N–H and O–H groups in total. The van der Waals surface area contributed by atoms with Crippen LogP contribution in [0.25, 0.3) is 0 Å². The zero-order chi connectivity index (χ0) is 13.3. The number of alkyl halides is 1. The van der Waals surface area contributed by atoms with Crippen molar-refractivity contribution in [2.45, 2.75) is 50.4 Å². The molecule has 0 aliphatic carbocycles. The average molecular weight is 266 g/mol. The lowest BCUT2D eigenvalue weighted by Gasteiger charge is -2.14. The summed E-state index contributed by atoms with van der Waals surface area (Å²) in [5.74, 6) is -2.01. The van der Waals surface area contributed by atoms with Gasteiger partial charge >= 0.3 is 11.9 Å². The Bertz CT molecular complexity index is 248. The Morgan fingerprint density at radius 3 is 2.35 bits per heavy atom. The number of nitrogens with one attached hydrogen (secondary N) is 1. The van der Waals surface area contributed by atoms with Crippen LogP contribution >= 0.6 is 11.6 Å². The Morgan fingerprint density at radius 1 is 1.24 bits per heavy atom. The van der Waals surface area contributed by atoms with Crippen LogP contribution in [0, 0.1) is 0 Å². The summed E-state index contributed by atoms with van der Waals surface area (Å²) in [4.78, 5) is 21.2. The molecule has 0 aliphatic heterocycles. The molecule has 0 fully saturated rings. The Labute approximate surface area is 106 Å². The monoisotopic (exact) mass is 265 g/mol. The normalized spacial score (nSPS) is 14.2. The van der Waals surface area contributed by atoms with Gasteiger partial charge in [-0.25, -0.2) is 0 Å². The number of halogens is 1. The minimum absolute atomic E-state index is 0.0430. The van der Waals surface area contributed by atoms with Crippen LogP contribution in [0.5, 0.6) is 0 Å². The van der Waals surface area contributed by atoms with Crippen LogP contribution < -0.4 is 5.32 Å². The number of hydrogen-bond acceptors (Lipinski definition) is 3. The van der Waals surface area contributed by atoms with Gasteiger partial charge in [0.05, 0.1) is 0 Å². The summed E-state index contributed by atoms with van der Waals surface area (Å²) >= 11 is 5.99. The molecule has 0 bridgehead atoms. The highest BCUT2D eigenvalue weighted by molar-refractivity contribution is 6.20. The molecule has 0 aliphatic rings. The first-order chi connectivity index (χ1) is 7.97. The molecule has 6 heteroatoms. The van der Waals surface area contributed by atoms with Crippen molar-refractivity contribution in [1.29, 1.82) is 0 Å². The lowest BCUT2D eigenvalue weighted by molar-refractivity contribution is -0.140. The van der Waals surface area contributed by atoms with Crippen LogP contribution in [0.15, 0.2) is 0 Å². The molecule has 0 amide bonds. The van der Waals surface area contributed by atoms with E-state index in [2.05, 4.69) is 5.32 Å². The topological polar surface area (TPSA) is 86.6 Å². The van der Waals surface area contributed by atoms with Crippen LogP contribution in [-0.2, 0) is 9.59 Å². The number of carboxylic acids is 2. The average Bonchev–Trinajstić information content (AvgIpc) is 2.22. The van der Waals surface area contributed by atoms with Gasteiger partial charge in [0.25, 0.3) is 0 Å². The molecule has 0 aromatic carbocycles. The number of carbonyl (C=O) groups is 2. The first-order valence-corrected chi connectivity index (χ1v) is 6.23. The first-order valence-electron chi connectivity index (χ1n) is 5.79. The second-order valence-corrected chi connectivity index (χ2v) is 4.57. The van der Waals surface area contributed by atoms with Gasteiger partial charge in [0, 0.05) is 11.8 Å². The first kappa shape index (κ1) is 16.2. The van der Waals surface area contributed by atoms with E-state index in [4.69, 9.17) is 21.8 Å². The van der Waals surface area contributed by atoms with E-state index in [1.54, 1.807) is 0 Å². The second kappa shape index (κ2) is 9.24. The van der Waals surface area contributed by atoms with Gasteiger partial charge in [-0.05, 0) is 25.8 Å². The highest BCUT2D eigenvalue weighted by Gasteiger charge is 2.18. The Hall–Kier alpha value is -0.810. The quantitative estimate of drug-likeness (QED) is 0.523. The van der Waals surface area contributed by atoms with E-state index in [0.717, 1.165) is 12.8 Å². The Balaban J connectivity index is 3.85. The molecule has 0 saturated heterocycles. The van der Waals surface area contributed by atoms with E-state index >= 15 is 0 Å². The molecular weight excluding hydrogens is 246 g/mol. The maximum absolute atomic E-state index is 10.8. The van der Waals surface area contributed by atoms with Crippen molar-refractivity contribution in [3.63, 3.8) is 0 Å². The van der Waals surface area contributed by atoms with Crippen LogP contribution in [0.2, 0.25) is 0 Å². The zero-order valence-electron chi connectivity index (χ0n) is 9.99. The highest BCUT2D eigenvalue weighted by Crippen LogP contribution is 2.09. The minimum Gasteiger partial charge on any atom is -0.481 e. The number of hydrogen-bond donors (Lipinski definition) is 3. The van der Waals surface area contributed by atoms with Crippen LogP contribution in [0.3, 0.4) is 0 Å². The smallest absolute Gasteiger partial charge is 0.320 e. The summed E-state index contributed by atoms with van der Waals surface area (Å²) in [7, 11) is 0. The Morgan fingerprint density at radius 2 is 1.88 bits per heavy atom. The number of rotatable bonds is 10. The second-order valence-electron chi connectivity index (χ2n) is 3.95. The summed E-state index contributed by atoms with van der Waals surface area (Å²) in [6, 6.07) is -0.809. The lowest BCUT2D eigenvalue weighted by Crippen LogP contribution is -2.38. The molecule has 0 aromatic heterocycles.